The third kappa shape index (κ3) is 4.46. The van der Waals surface area contributed by atoms with E-state index in [-0.39, 0.29) is 5.91 Å². The number of aromatic nitrogens is 1. The van der Waals surface area contributed by atoms with Gasteiger partial charge in [-0.2, -0.15) is 0 Å². The molecule has 0 fully saturated rings. The second-order valence-corrected chi connectivity index (χ2v) is 8.33. The Kier molecular flexibility index (Phi) is 5.77. The Labute approximate surface area is 164 Å². The molecule has 5 nitrogen and oxygen atoms in total. The zero-order valence-electron chi connectivity index (χ0n) is 16.6. The van der Waals surface area contributed by atoms with Crippen molar-refractivity contribution in [1.29, 1.82) is 0 Å². The number of quaternary nitrogens is 1. The number of aryl methyl sites for hydroxylation is 1. The number of carbonyl (C=O) groups is 1. The van der Waals surface area contributed by atoms with Crippen LogP contribution in [0.4, 0.5) is 10.8 Å². The Morgan fingerprint density at radius 3 is 2.44 bits per heavy atom. The molecule has 0 aliphatic heterocycles. The smallest absolute Gasteiger partial charge is 0.260 e. The standard InChI is InChI=1S/C21H26N4OS/c1-15-6-11-18-19(14-15)27-21(22-18)25(13-12-23(2)3)20(26)16-7-9-17(10-8-16)24(4)5/h6-11,14H,12-13H2,1-5H3/p+1. The van der Waals surface area contributed by atoms with Crippen molar-refractivity contribution in [1.82, 2.24) is 4.98 Å². The Bertz CT molecular complexity index is 931. The van der Waals surface area contributed by atoms with E-state index in [1.54, 1.807) is 11.3 Å². The van der Waals surface area contributed by atoms with E-state index in [9.17, 15) is 4.79 Å². The maximum absolute atomic E-state index is 13.3. The number of thiazole rings is 1. The molecule has 0 saturated heterocycles. The predicted octanol–water partition coefficient (Wildman–Crippen LogP) is 2.46. The molecule has 142 valence electrons. The minimum atomic E-state index is -0.00247. The number of fused-ring (bicyclic) bond motifs is 1. The third-order valence-corrected chi connectivity index (χ3v) is 5.52. The summed E-state index contributed by atoms with van der Waals surface area (Å²) in [7, 11) is 8.17. The second kappa shape index (κ2) is 8.06. The fourth-order valence-corrected chi connectivity index (χ4v) is 3.90. The first-order valence-electron chi connectivity index (χ1n) is 9.10. The van der Waals surface area contributed by atoms with Gasteiger partial charge in [-0.3, -0.25) is 9.69 Å². The van der Waals surface area contributed by atoms with Gasteiger partial charge < -0.3 is 9.80 Å². The van der Waals surface area contributed by atoms with Crippen molar-refractivity contribution in [3.8, 4) is 0 Å². The van der Waals surface area contributed by atoms with Gasteiger partial charge in [0.15, 0.2) is 5.13 Å². The first kappa shape index (κ1) is 19.3. The highest BCUT2D eigenvalue weighted by atomic mass is 32.1. The summed E-state index contributed by atoms with van der Waals surface area (Å²) in [5.74, 6) is -0.00247. The molecule has 6 heteroatoms. The van der Waals surface area contributed by atoms with Crippen molar-refractivity contribution in [3.05, 3.63) is 53.6 Å². The normalized spacial score (nSPS) is 11.2. The molecule has 1 amide bonds. The number of likely N-dealkylation sites (N-methyl/N-ethyl adjacent to an activating group) is 1. The first-order chi connectivity index (χ1) is 12.8. The lowest BCUT2D eigenvalue weighted by molar-refractivity contribution is -0.856. The molecule has 1 N–H and O–H groups in total. The Hall–Kier alpha value is -2.44. The van der Waals surface area contributed by atoms with Gasteiger partial charge in [-0.05, 0) is 48.9 Å². The number of amides is 1. The summed E-state index contributed by atoms with van der Waals surface area (Å²) in [5.41, 5.74) is 3.90. The largest absolute Gasteiger partial charge is 0.378 e. The Balaban J connectivity index is 1.94. The van der Waals surface area contributed by atoms with E-state index in [1.807, 2.05) is 54.2 Å². The molecule has 0 bridgehead atoms. The molecule has 0 aliphatic carbocycles. The molecule has 0 radical (unpaired) electrons. The third-order valence-electron chi connectivity index (χ3n) is 4.47. The van der Waals surface area contributed by atoms with Crippen molar-refractivity contribution in [2.45, 2.75) is 6.92 Å². The molecule has 3 rings (SSSR count). The molecule has 0 unspecified atom stereocenters. The average molecular weight is 384 g/mol. The molecule has 0 saturated carbocycles. The summed E-state index contributed by atoms with van der Waals surface area (Å²) in [6, 6.07) is 13.9. The van der Waals surface area contributed by atoms with Crippen molar-refractivity contribution < 1.29 is 9.69 Å². The quantitative estimate of drug-likeness (QED) is 0.711. The predicted molar refractivity (Wildman–Crippen MR) is 114 cm³/mol. The Morgan fingerprint density at radius 1 is 1.11 bits per heavy atom. The molecule has 1 heterocycles. The van der Waals surface area contributed by atoms with Gasteiger partial charge in [0.25, 0.3) is 5.91 Å². The van der Waals surface area contributed by atoms with Gasteiger partial charge >= 0.3 is 0 Å². The van der Waals surface area contributed by atoms with Crippen LogP contribution in [0, 0.1) is 6.92 Å². The van der Waals surface area contributed by atoms with Gasteiger partial charge in [-0.15, -0.1) is 0 Å². The fourth-order valence-electron chi connectivity index (χ4n) is 2.81. The molecular formula is C21H27N4OS+. The molecule has 2 aromatic carbocycles. The monoisotopic (exact) mass is 383 g/mol. The summed E-state index contributed by atoms with van der Waals surface area (Å²) in [6.07, 6.45) is 0. The number of anilines is 2. The molecule has 0 atom stereocenters. The lowest BCUT2D eigenvalue weighted by Crippen LogP contribution is -3.06. The summed E-state index contributed by atoms with van der Waals surface area (Å²) >= 11 is 1.58. The van der Waals surface area contributed by atoms with Crippen LogP contribution in [0.25, 0.3) is 10.2 Å². The average Bonchev–Trinajstić information content (AvgIpc) is 3.04. The fraction of sp³-hybridized carbons (Fsp3) is 0.333. The van der Waals surface area contributed by atoms with Crippen LogP contribution >= 0.6 is 11.3 Å². The molecule has 3 aromatic rings. The highest BCUT2D eigenvalue weighted by Gasteiger charge is 2.22. The highest BCUT2D eigenvalue weighted by Crippen LogP contribution is 2.30. The van der Waals surface area contributed by atoms with Gasteiger partial charge in [-0.1, -0.05) is 17.4 Å². The van der Waals surface area contributed by atoms with Gasteiger partial charge in [0, 0.05) is 25.3 Å². The van der Waals surface area contributed by atoms with Crippen LogP contribution in [0.2, 0.25) is 0 Å². The van der Waals surface area contributed by atoms with E-state index < -0.39 is 0 Å². The highest BCUT2D eigenvalue weighted by molar-refractivity contribution is 7.22. The maximum atomic E-state index is 13.3. The molecule has 1 aromatic heterocycles. The van der Waals surface area contributed by atoms with Crippen LogP contribution in [-0.2, 0) is 0 Å². The summed E-state index contributed by atoms with van der Waals surface area (Å²) in [6.45, 7) is 3.56. The van der Waals surface area contributed by atoms with E-state index in [1.165, 1.54) is 10.5 Å². The number of benzene rings is 2. The molecule has 0 spiro atoms. The number of nitrogens with one attached hydrogen (secondary N) is 1. The van der Waals surface area contributed by atoms with Crippen LogP contribution in [0.5, 0.6) is 0 Å². The van der Waals surface area contributed by atoms with Crippen molar-refractivity contribution in [2.75, 3.05) is 51.1 Å². The number of hydrogen-bond acceptors (Lipinski definition) is 4. The minimum Gasteiger partial charge on any atom is -0.378 e. The second-order valence-electron chi connectivity index (χ2n) is 7.32. The van der Waals surface area contributed by atoms with Crippen LogP contribution in [0.1, 0.15) is 15.9 Å². The van der Waals surface area contributed by atoms with Gasteiger partial charge in [0.05, 0.1) is 37.4 Å². The lowest BCUT2D eigenvalue weighted by Gasteiger charge is -2.21. The van der Waals surface area contributed by atoms with Crippen molar-refractivity contribution in [3.63, 3.8) is 0 Å². The van der Waals surface area contributed by atoms with E-state index in [4.69, 9.17) is 4.98 Å². The number of carbonyl (C=O) groups excluding carboxylic acids is 1. The van der Waals surface area contributed by atoms with Crippen molar-refractivity contribution in [2.24, 2.45) is 0 Å². The molecular weight excluding hydrogens is 356 g/mol. The summed E-state index contributed by atoms with van der Waals surface area (Å²) in [5, 5.41) is 0.763. The SMILES string of the molecule is Cc1ccc2nc(N(CC[NH+](C)C)C(=O)c3ccc(N(C)C)cc3)sc2c1. The number of rotatable bonds is 6. The summed E-state index contributed by atoms with van der Waals surface area (Å²) < 4.78 is 1.11. The minimum absolute atomic E-state index is 0.00247. The van der Waals surface area contributed by atoms with E-state index >= 15 is 0 Å². The van der Waals surface area contributed by atoms with Gasteiger partial charge in [-0.25, -0.2) is 4.98 Å². The van der Waals surface area contributed by atoms with Crippen LogP contribution < -0.4 is 14.7 Å². The molecule has 27 heavy (non-hydrogen) atoms. The van der Waals surface area contributed by atoms with Crippen molar-refractivity contribution >= 4 is 38.3 Å². The maximum Gasteiger partial charge on any atom is 0.260 e. The van der Waals surface area contributed by atoms with E-state index in [2.05, 4.69) is 33.2 Å². The van der Waals surface area contributed by atoms with Crippen LogP contribution in [-0.4, -0.2) is 52.2 Å². The number of hydrogen-bond donors (Lipinski definition) is 1. The lowest BCUT2D eigenvalue weighted by atomic mass is 10.1. The molecule has 0 aliphatic rings. The van der Waals surface area contributed by atoms with Gasteiger partial charge in [0.1, 0.15) is 0 Å². The Morgan fingerprint density at radius 2 is 1.81 bits per heavy atom. The van der Waals surface area contributed by atoms with E-state index in [0.717, 1.165) is 27.6 Å². The van der Waals surface area contributed by atoms with Gasteiger partial charge in [0.2, 0.25) is 0 Å². The van der Waals surface area contributed by atoms with Crippen LogP contribution in [0.15, 0.2) is 42.5 Å². The van der Waals surface area contributed by atoms with E-state index in [0.29, 0.717) is 12.1 Å². The zero-order valence-corrected chi connectivity index (χ0v) is 17.4. The topological polar surface area (TPSA) is 40.9 Å². The first-order valence-corrected chi connectivity index (χ1v) is 9.92. The zero-order chi connectivity index (χ0) is 19.6. The number of nitrogens with zero attached hydrogens (tertiary/aromatic N) is 3. The van der Waals surface area contributed by atoms with Crippen LogP contribution in [0.3, 0.4) is 0 Å². The summed E-state index contributed by atoms with van der Waals surface area (Å²) in [4.78, 5) is 23.1.